The van der Waals surface area contributed by atoms with Gasteiger partial charge in [0.05, 0.1) is 0 Å². The minimum atomic E-state index is -0.0142. The summed E-state index contributed by atoms with van der Waals surface area (Å²) in [6.07, 6.45) is 0. The van der Waals surface area contributed by atoms with Crippen LogP contribution in [0.5, 0.6) is 0 Å². The Hall–Kier alpha value is -1.39. The van der Waals surface area contributed by atoms with Gasteiger partial charge >= 0.3 is 0 Å². The van der Waals surface area contributed by atoms with Crippen molar-refractivity contribution >= 4 is 5.91 Å². The number of carbonyl (C=O) groups is 1. The van der Waals surface area contributed by atoms with Gasteiger partial charge in [-0.15, -0.1) is 0 Å². The van der Waals surface area contributed by atoms with Gasteiger partial charge in [-0.2, -0.15) is 0 Å². The lowest BCUT2D eigenvalue weighted by atomic mass is 10.1. The normalized spacial score (nSPS) is 11.4. The fourth-order valence-corrected chi connectivity index (χ4v) is 1.72. The number of aryl methyl sites for hydroxylation is 1. The molecule has 0 aliphatic heterocycles. The van der Waals surface area contributed by atoms with Crippen LogP contribution in [0.1, 0.15) is 36.7 Å². The lowest BCUT2D eigenvalue weighted by Crippen LogP contribution is -2.41. The van der Waals surface area contributed by atoms with E-state index in [1.54, 1.807) is 0 Å². The standard InChI is InChI=1S/C16H27N3O/c1-13-5-7-14(8-6-13)15(20)18-11-9-17-10-12-19-16(2,3)4/h5-8,17,19H,9-12H2,1-4H3,(H,18,20). The van der Waals surface area contributed by atoms with E-state index in [0.717, 1.165) is 25.2 Å². The van der Waals surface area contributed by atoms with Crippen molar-refractivity contribution in [1.29, 1.82) is 0 Å². The number of hydrogen-bond donors (Lipinski definition) is 3. The molecule has 4 heteroatoms. The second kappa shape index (κ2) is 8.02. The molecular weight excluding hydrogens is 250 g/mol. The van der Waals surface area contributed by atoms with Gasteiger partial charge in [-0.3, -0.25) is 4.79 Å². The van der Waals surface area contributed by atoms with Crippen molar-refractivity contribution in [3.63, 3.8) is 0 Å². The van der Waals surface area contributed by atoms with E-state index in [4.69, 9.17) is 0 Å². The number of hydrogen-bond acceptors (Lipinski definition) is 3. The summed E-state index contributed by atoms with van der Waals surface area (Å²) < 4.78 is 0. The zero-order valence-corrected chi connectivity index (χ0v) is 13.0. The van der Waals surface area contributed by atoms with Gasteiger partial charge < -0.3 is 16.0 Å². The molecule has 1 amide bonds. The van der Waals surface area contributed by atoms with Gasteiger partial charge in [0.25, 0.3) is 5.91 Å². The van der Waals surface area contributed by atoms with Crippen LogP contribution in [0.3, 0.4) is 0 Å². The van der Waals surface area contributed by atoms with Crippen LogP contribution in [-0.4, -0.2) is 37.6 Å². The molecular formula is C16H27N3O. The van der Waals surface area contributed by atoms with Gasteiger partial charge in [-0.05, 0) is 39.8 Å². The molecule has 4 nitrogen and oxygen atoms in total. The predicted octanol–water partition coefficient (Wildman–Crippen LogP) is 1.70. The van der Waals surface area contributed by atoms with Crippen molar-refractivity contribution in [2.24, 2.45) is 0 Å². The highest BCUT2D eigenvalue weighted by molar-refractivity contribution is 5.94. The molecule has 0 aromatic heterocycles. The molecule has 0 saturated heterocycles. The molecule has 1 rings (SSSR count). The second-order valence-electron chi connectivity index (χ2n) is 6.05. The van der Waals surface area contributed by atoms with E-state index in [-0.39, 0.29) is 11.4 Å². The maximum Gasteiger partial charge on any atom is 0.251 e. The van der Waals surface area contributed by atoms with Gasteiger partial charge in [0.15, 0.2) is 0 Å². The highest BCUT2D eigenvalue weighted by Gasteiger charge is 2.07. The Morgan fingerprint density at radius 1 is 1.00 bits per heavy atom. The molecule has 0 aliphatic carbocycles. The first-order valence-electron chi connectivity index (χ1n) is 7.19. The van der Waals surface area contributed by atoms with Gasteiger partial charge in [0, 0.05) is 37.3 Å². The number of benzene rings is 1. The number of rotatable bonds is 7. The van der Waals surface area contributed by atoms with E-state index in [1.807, 2.05) is 31.2 Å². The van der Waals surface area contributed by atoms with Crippen LogP contribution in [-0.2, 0) is 0 Å². The molecule has 0 bridgehead atoms. The maximum atomic E-state index is 11.8. The molecule has 0 fully saturated rings. The number of amides is 1. The smallest absolute Gasteiger partial charge is 0.251 e. The highest BCUT2D eigenvalue weighted by Crippen LogP contribution is 2.02. The fraction of sp³-hybridized carbons (Fsp3) is 0.562. The van der Waals surface area contributed by atoms with Crippen molar-refractivity contribution in [2.75, 3.05) is 26.2 Å². The largest absolute Gasteiger partial charge is 0.351 e. The molecule has 0 aliphatic rings. The Morgan fingerprint density at radius 2 is 1.60 bits per heavy atom. The summed E-state index contributed by atoms with van der Waals surface area (Å²) in [4.78, 5) is 11.8. The van der Waals surface area contributed by atoms with Gasteiger partial charge in [-0.1, -0.05) is 17.7 Å². The van der Waals surface area contributed by atoms with E-state index in [0.29, 0.717) is 12.1 Å². The Morgan fingerprint density at radius 3 is 2.20 bits per heavy atom. The average molecular weight is 277 g/mol. The lowest BCUT2D eigenvalue weighted by molar-refractivity contribution is 0.0954. The molecule has 1 aromatic carbocycles. The first-order valence-corrected chi connectivity index (χ1v) is 7.19. The predicted molar refractivity (Wildman–Crippen MR) is 84.1 cm³/mol. The molecule has 0 unspecified atom stereocenters. The quantitative estimate of drug-likeness (QED) is 0.665. The number of carbonyl (C=O) groups excluding carboxylic acids is 1. The van der Waals surface area contributed by atoms with Gasteiger partial charge in [0.2, 0.25) is 0 Å². The highest BCUT2D eigenvalue weighted by atomic mass is 16.1. The molecule has 0 heterocycles. The Bertz CT molecular complexity index is 407. The first-order chi connectivity index (χ1) is 9.38. The van der Waals surface area contributed by atoms with Crippen molar-refractivity contribution in [3.8, 4) is 0 Å². The molecule has 0 saturated carbocycles. The van der Waals surface area contributed by atoms with Crippen molar-refractivity contribution in [1.82, 2.24) is 16.0 Å². The summed E-state index contributed by atoms with van der Waals surface area (Å²) in [6.45, 7) is 11.7. The zero-order valence-electron chi connectivity index (χ0n) is 13.0. The minimum Gasteiger partial charge on any atom is -0.351 e. The SMILES string of the molecule is Cc1ccc(C(=O)NCCNCCNC(C)(C)C)cc1. The Balaban J connectivity index is 2.09. The summed E-state index contributed by atoms with van der Waals surface area (Å²) >= 11 is 0. The van der Waals surface area contributed by atoms with Crippen molar-refractivity contribution in [2.45, 2.75) is 33.2 Å². The van der Waals surface area contributed by atoms with E-state index in [1.165, 1.54) is 0 Å². The molecule has 20 heavy (non-hydrogen) atoms. The molecule has 1 aromatic rings. The van der Waals surface area contributed by atoms with Crippen LogP contribution < -0.4 is 16.0 Å². The van der Waals surface area contributed by atoms with Crippen LogP contribution in [0.2, 0.25) is 0 Å². The monoisotopic (exact) mass is 277 g/mol. The maximum absolute atomic E-state index is 11.8. The number of nitrogens with one attached hydrogen (secondary N) is 3. The molecule has 3 N–H and O–H groups in total. The van der Waals surface area contributed by atoms with Crippen LogP contribution in [0.25, 0.3) is 0 Å². The third-order valence-corrected chi connectivity index (χ3v) is 2.86. The fourth-order valence-electron chi connectivity index (χ4n) is 1.72. The van der Waals surface area contributed by atoms with Gasteiger partial charge in [-0.25, -0.2) is 0 Å². The van der Waals surface area contributed by atoms with Crippen LogP contribution in [0, 0.1) is 6.92 Å². The molecule has 112 valence electrons. The van der Waals surface area contributed by atoms with E-state index < -0.39 is 0 Å². The topological polar surface area (TPSA) is 53.2 Å². The van der Waals surface area contributed by atoms with E-state index in [2.05, 4.69) is 36.7 Å². The lowest BCUT2D eigenvalue weighted by Gasteiger charge is -2.20. The molecule has 0 radical (unpaired) electrons. The molecule has 0 spiro atoms. The Labute approximate surface area is 122 Å². The van der Waals surface area contributed by atoms with E-state index >= 15 is 0 Å². The second-order valence-corrected chi connectivity index (χ2v) is 6.05. The molecule has 0 atom stereocenters. The summed E-state index contributed by atoms with van der Waals surface area (Å²) in [5.74, 6) is -0.0142. The van der Waals surface area contributed by atoms with E-state index in [9.17, 15) is 4.79 Å². The summed E-state index contributed by atoms with van der Waals surface area (Å²) in [7, 11) is 0. The summed E-state index contributed by atoms with van der Waals surface area (Å²) in [6, 6.07) is 7.60. The van der Waals surface area contributed by atoms with Crippen molar-refractivity contribution in [3.05, 3.63) is 35.4 Å². The van der Waals surface area contributed by atoms with Gasteiger partial charge in [0.1, 0.15) is 0 Å². The van der Waals surface area contributed by atoms with Crippen LogP contribution >= 0.6 is 0 Å². The third kappa shape index (κ3) is 7.26. The zero-order chi connectivity index (χ0) is 15.0. The average Bonchev–Trinajstić information content (AvgIpc) is 2.37. The Kier molecular flexibility index (Phi) is 6.68. The third-order valence-electron chi connectivity index (χ3n) is 2.86. The van der Waals surface area contributed by atoms with Crippen LogP contribution in [0.15, 0.2) is 24.3 Å². The first kappa shape index (κ1) is 16.7. The summed E-state index contributed by atoms with van der Waals surface area (Å²) in [5, 5.41) is 9.60. The summed E-state index contributed by atoms with van der Waals surface area (Å²) in [5.41, 5.74) is 2.03. The van der Waals surface area contributed by atoms with Crippen molar-refractivity contribution < 1.29 is 4.79 Å². The minimum absolute atomic E-state index is 0.0142. The van der Waals surface area contributed by atoms with Crippen LogP contribution in [0.4, 0.5) is 0 Å².